The average molecular weight is 208 g/mol. The zero-order valence-electron chi connectivity index (χ0n) is 8.13. The van der Waals surface area contributed by atoms with E-state index in [4.69, 9.17) is 0 Å². The van der Waals surface area contributed by atoms with Gasteiger partial charge >= 0.3 is 0 Å². The Bertz CT molecular complexity index is 378. The van der Waals surface area contributed by atoms with Crippen LogP contribution in [0.5, 0.6) is 0 Å². The molecule has 0 spiro atoms. The first-order chi connectivity index (χ1) is 6.76. The van der Waals surface area contributed by atoms with Crippen LogP contribution in [0.4, 0.5) is 5.69 Å². The maximum atomic E-state index is 11.5. The summed E-state index contributed by atoms with van der Waals surface area (Å²) in [6.07, 6.45) is 2.02. The van der Waals surface area contributed by atoms with Gasteiger partial charge in [-0.2, -0.15) is 0 Å². The quantitative estimate of drug-likeness (QED) is 0.726. The van der Waals surface area contributed by atoms with Gasteiger partial charge in [0.05, 0.1) is 0 Å². The summed E-state index contributed by atoms with van der Waals surface area (Å²) in [5.41, 5.74) is 1.97. The van der Waals surface area contributed by atoms with Crippen molar-refractivity contribution in [2.45, 2.75) is 10.9 Å². The molecule has 1 heterocycles. The lowest BCUT2D eigenvalue weighted by atomic mass is 10.1. The van der Waals surface area contributed by atoms with E-state index in [1.54, 1.807) is 18.8 Å². The lowest BCUT2D eigenvalue weighted by molar-refractivity contribution is -0.117. The Balaban J connectivity index is 2.42. The number of nitrogens with one attached hydrogen (secondary N) is 2. The van der Waals surface area contributed by atoms with Crippen molar-refractivity contribution < 1.29 is 4.79 Å². The van der Waals surface area contributed by atoms with Crippen LogP contribution in [0.15, 0.2) is 23.1 Å². The third kappa shape index (κ3) is 1.40. The highest BCUT2D eigenvalue weighted by Gasteiger charge is 2.28. The van der Waals surface area contributed by atoms with E-state index in [2.05, 4.69) is 10.6 Å². The van der Waals surface area contributed by atoms with E-state index in [1.165, 1.54) is 4.90 Å². The molecule has 0 radical (unpaired) electrons. The molecular weight excluding hydrogens is 196 g/mol. The predicted molar refractivity (Wildman–Crippen MR) is 58.7 cm³/mol. The summed E-state index contributed by atoms with van der Waals surface area (Å²) in [6, 6.07) is 5.85. The van der Waals surface area contributed by atoms with Gasteiger partial charge in [-0.3, -0.25) is 4.79 Å². The number of carbonyl (C=O) groups is 1. The van der Waals surface area contributed by atoms with Gasteiger partial charge in [-0.25, -0.2) is 0 Å². The summed E-state index contributed by atoms with van der Waals surface area (Å²) in [5, 5.41) is 5.85. The van der Waals surface area contributed by atoms with Gasteiger partial charge in [0.2, 0.25) is 5.91 Å². The molecule has 3 nitrogen and oxygen atoms in total. The van der Waals surface area contributed by atoms with Crippen LogP contribution in [-0.4, -0.2) is 19.2 Å². The van der Waals surface area contributed by atoms with Gasteiger partial charge in [-0.1, -0.05) is 6.07 Å². The Morgan fingerprint density at radius 1 is 1.50 bits per heavy atom. The Labute approximate surface area is 87.3 Å². The van der Waals surface area contributed by atoms with E-state index in [9.17, 15) is 4.79 Å². The monoisotopic (exact) mass is 208 g/mol. The van der Waals surface area contributed by atoms with Crippen LogP contribution < -0.4 is 10.6 Å². The first kappa shape index (κ1) is 9.55. The molecule has 0 saturated heterocycles. The van der Waals surface area contributed by atoms with Crippen LogP contribution in [0.1, 0.15) is 11.6 Å². The second-order valence-electron chi connectivity index (χ2n) is 3.16. The van der Waals surface area contributed by atoms with E-state index in [-0.39, 0.29) is 11.9 Å². The Kier molecular flexibility index (Phi) is 2.48. The highest BCUT2D eigenvalue weighted by Crippen LogP contribution is 2.33. The Hall–Kier alpha value is -1.00. The minimum atomic E-state index is -0.194. The van der Waals surface area contributed by atoms with Gasteiger partial charge < -0.3 is 10.6 Å². The third-order valence-electron chi connectivity index (χ3n) is 2.38. The fourth-order valence-electron chi connectivity index (χ4n) is 1.66. The molecule has 2 rings (SSSR count). The SMILES string of the molecule is CNC1C(=O)Nc2cc(SC)ccc21. The van der Waals surface area contributed by atoms with Crippen molar-refractivity contribution >= 4 is 23.4 Å². The van der Waals surface area contributed by atoms with Gasteiger partial charge in [-0.15, -0.1) is 11.8 Å². The topological polar surface area (TPSA) is 41.1 Å². The largest absolute Gasteiger partial charge is 0.324 e. The maximum absolute atomic E-state index is 11.5. The highest BCUT2D eigenvalue weighted by molar-refractivity contribution is 7.98. The summed E-state index contributed by atoms with van der Waals surface area (Å²) in [4.78, 5) is 12.6. The number of rotatable bonds is 2. The van der Waals surface area contributed by atoms with E-state index in [0.29, 0.717) is 0 Å². The Morgan fingerprint density at radius 3 is 2.93 bits per heavy atom. The van der Waals surface area contributed by atoms with Crippen molar-refractivity contribution in [1.29, 1.82) is 0 Å². The molecule has 1 atom stereocenters. The normalized spacial score (nSPS) is 19.3. The minimum Gasteiger partial charge on any atom is -0.324 e. The molecule has 2 N–H and O–H groups in total. The second kappa shape index (κ2) is 3.63. The fourth-order valence-corrected chi connectivity index (χ4v) is 2.09. The molecule has 1 aromatic rings. The van der Waals surface area contributed by atoms with Crippen molar-refractivity contribution in [3.05, 3.63) is 23.8 Å². The van der Waals surface area contributed by atoms with Crippen molar-refractivity contribution in [2.75, 3.05) is 18.6 Å². The number of amides is 1. The average Bonchev–Trinajstić information content (AvgIpc) is 2.51. The lowest BCUT2D eigenvalue weighted by Crippen LogP contribution is -2.23. The molecule has 74 valence electrons. The number of carbonyl (C=O) groups excluding carboxylic acids is 1. The molecule has 1 aliphatic rings. The first-order valence-corrected chi connectivity index (χ1v) is 5.65. The summed E-state index contributed by atoms with van der Waals surface area (Å²) in [6.45, 7) is 0. The molecule has 0 aliphatic carbocycles. The van der Waals surface area contributed by atoms with Crippen molar-refractivity contribution in [3.8, 4) is 0 Å². The van der Waals surface area contributed by atoms with Crippen LogP contribution in [-0.2, 0) is 4.79 Å². The number of likely N-dealkylation sites (N-methyl/N-ethyl adjacent to an activating group) is 1. The summed E-state index contributed by atoms with van der Waals surface area (Å²) >= 11 is 1.67. The zero-order valence-corrected chi connectivity index (χ0v) is 8.94. The molecule has 1 aliphatic heterocycles. The standard InChI is InChI=1S/C10H12N2OS/c1-11-9-7-4-3-6(14-2)5-8(7)12-10(9)13/h3-5,9,11H,1-2H3,(H,12,13). The van der Waals surface area contributed by atoms with E-state index in [0.717, 1.165) is 11.3 Å². The van der Waals surface area contributed by atoms with Crippen LogP contribution in [0.3, 0.4) is 0 Å². The van der Waals surface area contributed by atoms with E-state index >= 15 is 0 Å². The number of thioether (sulfide) groups is 1. The summed E-state index contributed by atoms with van der Waals surface area (Å²) in [7, 11) is 1.79. The van der Waals surface area contributed by atoms with E-state index in [1.807, 2.05) is 24.5 Å². The smallest absolute Gasteiger partial charge is 0.246 e. The first-order valence-electron chi connectivity index (χ1n) is 4.42. The summed E-state index contributed by atoms with van der Waals surface area (Å²) < 4.78 is 0. The van der Waals surface area contributed by atoms with Gasteiger partial charge in [0.1, 0.15) is 6.04 Å². The lowest BCUT2D eigenvalue weighted by Gasteiger charge is -2.06. The van der Waals surface area contributed by atoms with Gasteiger partial charge in [0, 0.05) is 16.1 Å². The molecule has 1 amide bonds. The van der Waals surface area contributed by atoms with Crippen LogP contribution in [0, 0.1) is 0 Å². The molecular formula is C10H12N2OS. The van der Waals surface area contributed by atoms with Crippen LogP contribution >= 0.6 is 11.8 Å². The van der Waals surface area contributed by atoms with Crippen LogP contribution in [0.2, 0.25) is 0 Å². The molecule has 0 fully saturated rings. The highest BCUT2D eigenvalue weighted by atomic mass is 32.2. The van der Waals surface area contributed by atoms with E-state index < -0.39 is 0 Å². The maximum Gasteiger partial charge on any atom is 0.246 e. The van der Waals surface area contributed by atoms with Crippen LogP contribution in [0.25, 0.3) is 0 Å². The van der Waals surface area contributed by atoms with Crippen molar-refractivity contribution in [1.82, 2.24) is 5.32 Å². The van der Waals surface area contributed by atoms with Crippen molar-refractivity contribution in [3.63, 3.8) is 0 Å². The zero-order chi connectivity index (χ0) is 10.1. The molecule has 0 bridgehead atoms. The van der Waals surface area contributed by atoms with Gasteiger partial charge in [0.15, 0.2) is 0 Å². The van der Waals surface area contributed by atoms with Gasteiger partial charge in [-0.05, 0) is 25.4 Å². The number of hydrogen-bond acceptors (Lipinski definition) is 3. The minimum absolute atomic E-state index is 0.0285. The molecule has 1 aromatic carbocycles. The number of benzene rings is 1. The molecule has 0 saturated carbocycles. The third-order valence-corrected chi connectivity index (χ3v) is 3.11. The second-order valence-corrected chi connectivity index (χ2v) is 4.04. The predicted octanol–water partition coefficient (Wildman–Crippen LogP) is 1.62. The Morgan fingerprint density at radius 2 is 2.29 bits per heavy atom. The molecule has 4 heteroatoms. The fraction of sp³-hybridized carbons (Fsp3) is 0.300. The molecule has 14 heavy (non-hydrogen) atoms. The van der Waals surface area contributed by atoms with Crippen molar-refractivity contribution in [2.24, 2.45) is 0 Å². The summed E-state index contributed by atoms with van der Waals surface area (Å²) in [5.74, 6) is 0.0285. The molecule has 0 aromatic heterocycles. The van der Waals surface area contributed by atoms with Gasteiger partial charge in [0.25, 0.3) is 0 Å². The number of anilines is 1. The number of hydrogen-bond donors (Lipinski definition) is 2. The molecule has 1 unspecified atom stereocenters. The number of fused-ring (bicyclic) bond motifs is 1.